The second kappa shape index (κ2) is 6.17. The lowest BCUT2D eigenvalue weighted by Crippen LogP contribution is -2.28. The third kappa shape index (κ3) is 4.57. The van der Waals surface area contributed by atoms with Gasteiger partial charge in [0.15, 0.2) is 0 Å². The number of aromatic nitrogens is 1. The molecule has 2 rings (SSSR count). The van der Waals surface area contributed by atoms with E-state index in [1.807, 2.05) is 0 Å². The summed E-state index contributed by atoms with van der Waals surface area (Å²) in [5.41, 5.74) is 5.79. The van der Waals surface area contributed by atoms with Crippen molar-refractivity contribution < 1.29 is 9.59 Å². The SMILES string of the molecule is Nc1cccc(C(=O)NCCCC(=O)NC2CC2)n1. The normalized spacial score (nSPS) is 13.9. The maximum atomic E-state index is 11.7. The van der Waals surface area contributed by atoms with Crippen LogP contribution in [-0.4, -0.2) is 29.4 Å². The van der Waals surface area contributed by atoms with E-state index in [2.05, 4.69) is 15.6 Å². The Morgan fingerprint density at radius 2 is 2.16 bits per heavy atom. The Balaban J connectivity index is 1.64. The van der Waals surface area contributed by atoms with E-state index >= 15 is 0 Å². The lowest BCUT2D eigenvalue weighted by molar-refractivity contribution is -0.121. The Labute approximate surface area is 111 Å². The fourth-order valence-corrected chi connectivity index (χ4v) is 1.65. The summed E-state index contributed by atoms with van der Waals surface area (Å²) < 4.78 is 0. The van der Waals surface area contributed by atoms with Gasteiger partial charge in [0, 0.05) is 19.0 Å². The molecule has 1 fully saturated rings. The van der Waals surface area contributed by atoms with Gasteiger partial charge in [-0.25, -0.2) is 4.98 Å². The lowest BCUT2D eigenvalue weighted by atomic mass is 10.2. The van der Waals surface area contributed by atoms with Crippen molar-refractivity contribution in [2.75, 3.05) is 12.3 Å². The Kier molecular flexibility index (Phi) is 4.33. The summed E-state index contributed by atoms with van der Waals surface area (Å²) in [6.45, 7) is 0.452. The predicted molar refractivity (Wildman–Crippen MR) is 71.4 cm³/mol. The van der Waals surface area contributed by atoms with Gasteiger partial charge in [-0.15, -0.1) is 0 Å². The molecule has 1 aliphatic carbocycles. The summed E-state index contributed by atoms with van der Waals surface area (Å²) >= 11 is 0. The van der Waals surface area contributed by atoms with Gasteiger partial charge in [0.1, 0.15) is 11.5 Å². The van der Waals surface area contributed by atoms with Crippen LogP contribution >= 0.6 is 0 Å². The van der Waals surface area contributed by atoms with Gasteiger partial charge in [-0.2, -0.15) is 0 Å². The summed E-state index contributed by atoms with van der Waals surface area (Å²) in [5.74, 6) is 0.102. The molecule has 0 radical (unpaired) electrons. The number of carbonyl (C=O) groups excluding carboxylic acids is 2. The van der Waals surface area contributed by atoms with E-state index < -0.39 is 0 Å². The molecule has 0 unspecified atom stereocenters. The van der Waals surface area contributed by atoms with Crippen LogP contribution in [0.5, 0.6) is 0 Å². The average Bonchev–Trinajstić information content (AvgIpc) is 3.18. The van der Waals surface area contributed by atoms with Crippen molar-refractivity contribution in [3.63, 3.8) is 0 Å². The number of nitrogens with one attached hydrogen (secondary N) is 2. The first-order chi connectivity index (χ1) is 9.15. The molecule has 1 heterocycles. The zero-order valence-corrected chi connectivity index (χ0v) is 10.7. The Morgan fingerprint density at radius 1 is 1.37 bits per heavy atom. The van der Waals surface area contributed by atoms with E-state index in [-0.39, 0.29) is 11.8 Å². The van der Waals surface area contributed by atoms with Crippen molar-refractivity contribution in [3.05, 3.63) is 23.9 Å². The smallest absolute Gasteiger partial charge is 0.269 e. The Bertz CT molecular complexity index is 471. The number of hydrogen-bond donors (Lipinski definition) is 3. The van der Waals surface area contributed by atoms with Crippen LogP contribution in [0.25, 0.3) is 0 Å². The minimum Gasteiger partial charge on any atom is -0.384 e. The molecule has 0 atom stereocenters. The van der Waals surface area contributed by atoms with Crippen molar-refractivity contribution >= 4 is 17.6 Å². The number of nitrogen functional groups attached to an aromatic ring is 1. The maximum Gasteiger partial charge on any atom is 0.269 e. The van der Waals surface area contributed by atoms with E-state index in [1.165, 1.54) is 0 Å². The number of nitrogens with two attached hydrogens (primary N) is 1. The Morgan fingerprint density at radius 3 is 2.84 bits per heavy atom. The zero-order valence-electron chi connectivity index (χ0n) is 10.7. The molecule has 1 aliphatic rings. The highest BCUT2D eigenvalue weighted by Gasteiger charge is 2.22. The topological polar surface area (TPSA) is 97.1 Å². The summed E-state index contributed by atoms with van der Waals surface area (Å²) in [4.78, 5) is 27.0. The Hall–Kier alpha value is -2.11. The van der Waals surface area contributed by atoms with Gasteiger partial charge in [-0.05, 0) is 31.4 Å². The van der Waals surface area contributed by atoms with Crippen LogP contribution in [0, 0.1) is 0 Å². The number of hydrogen-bond acceptors (Lipinski definition) is 4. The highest BCUT2D eigenvalue weighted by molar-refractivity contribution is 5.92. The van der Waals surface area contributed by atoms with Crippen LogP contribution in [0.1, 0.15) is 36.2 Å². The molecule has 0 aromatic carbocycles. The quantitative estimate of drug-likeness (QED) is 0.648. The van der Waals surface area contributed by atoms with Gasteiger partial charge in [0.2, 0.25) is 5.91 Å². The number of nitrogens with zero attached hydrogens (tertiary/aromatic N) is 1. The van der Waals surface area contributed by atoms with Crippen molar-refractivity contribution in [3.8, 4) is 0 Å². The third-order valence-corrected chi connectivity index (χ3v) is 2.81. The minimum atomic E-state index is -0.269. The molecule has 6 nitrogen and oxygen atoms in total. The summed E-state index contributed by atoms with van der Waals surface area (Å²) in [7, 11) is 0. The van der Waals surface area contributed by atoms with Crippen LogP contribution in [-0.2, 0) is 4.79 Å². The zero-order chi connectivity index (χ0) is 13.7. The fourth-order valence-electron chi connectivity index (χ4n) is 1.65. The lowest BCUT2D eigenvalue weighted by Gasteiger charge is -2.05. The largest absolute Gasteiger partial charge is 0.384 e. The average molecular weight is 262 g/mol. The van der Waals surface area contributed by atoms with E-state index in [4.69, 9.17) is 5.73 Å². The number of rotatable bonds is 6. The summed E-state index contributed by atoms with van der Waals surface area (Å²) in [5, 5.41) is 5.61. The van der Waals surface area contributed by atoms with Gasteiger partial charge in [-0.1, -0.05) is 6.07 Å². The van der Waals surface area contributed by atoms with Gasteiger partial charge in [-0.3, -0.25) is 9.59 Å². The first kappa shape index (κ1) is 13.3. The minimum absolute atomic E-state index is 0.0545. The molecular weight excluding hydrogens is 244 g/mol. The molecule has 1 aromatic heterocycles. The number of pyridine rings is 1. The molecule has 102 valence electrons. The fraction of sp³-hybridized carbons (Fsp3) is 0.462. The number of amides is 2. The maximum absolute atomic E-state index is 11.7. The molecule has 0 aliphatic heterocycles. The van der Waals surface area contributed by atoms with Crippen molar-refractivity contribution in [1.82, 2.24) is 15.6 Å². The monoisotopic (exact) mass is 262 g/mol. The first-order valence-electron chi connectivity index (χ1n) is 6.45. The first-order valence-corrected chi connectivity index (χ1v) is 6.45. The van der Waals surface area contributed by atoms with Crippen molar-refractivity contribution in [1.29, 1.82) is 0 Å². The second-order valence-corrected chi connectivity index (χ2v) is 4.65. The van der Waals surface area contributed by atoms with Crippen LogP contribution in [0.4, 0.5) is 5.82 Å². The molecule has 19 heavy (non-hydrogen) atoms. The van der Waals surface area contributed by atoms with Crippen molar-refractivity contribution in [2.45, 2.75) is 31.7 Å². The number of carbonyl (C=O) groups is 2. The molecule has 6 heteroatoms. The molecule has 1 aromatic rings. The molecule has 4 N–H and O–H groups in total. The van der Waals surface area contributed by atoms with E-state index in [1.54, 1.807) is 18.2 Å². The molecular formula is C13H18N4O2. The third-order valence-electron chi connectivity index (χ3n) is 2.81. The predicted octanol–water partition coefficient (Wildman–Crippen LogP) is 0.452. The molecule has 1 saturated carbocycles. The van der Waals surface area contributed by atoms with E-state index in [0.29, 0.717) is 36.9 Å². The van der Waals surface area contributed by atoms with Gasteiger partial charge in [0.25, 0.3) is 5.91 Å². The van der Waals surface area contributed by atoms with Gasteiger partial charge < -0.3 is 16.4 Å². The summed E-state index contributed by atoms with van der Waals surface area (Å²) in [6.07, 6.45) is 3.22. The van der Waals surface area contributed by atoms with E-state index in [0.717, 1.165) is 12.8 Å². The van der Waals surface area contributed by atoms with Crippen LogP contribution < -0.4 is 16.4 Å². The highest BCUT2D eigenvalue weighted by Crippen LogP contribution is 2.18. The molecule has 0 bridgehead atoms. The number of anilines is 1. The molecule has 0 saturated heterocycles. The van der Waals surface area contributed by atoms with Gasteiger partial charge >= 0.3 is 0 Å². The van der Waals surface area contributed by atoms with Gasteiger partial charge in [0.05, 0.1) is 0 Å². The van der Waals surface area contributed by atoms with Crippen molar-refractivity contribution in [2.24, 2.45) is 0 Å². The van der Waals surface area contributed by atoms with Crippen LogP contribution in [0.15, 0.2) is 18.2 Å². The van der Waals surface area contributed by atoms with Crippen LogP contribution in [0.3, 0.4) is 0 Å². The standard InChI is InChI=1S/C13H18N4O2/c14-11-4-1-3-10(17-11)13(19)15-8-2-5-12(18)16-9-6-7-9/h1,3-4,9H,2,5-8H2,(H2,14,17)(H,15,19)(H,16,18). The highest BCUT2D eigenvalue weighted by atomic mass is 16.2. The van der Waals surface area contributed by atoms with Crippen LogP contribution in [0.2, 0.25) is 0 Å². The summed E-state index contributed by atoms with van der Waals surface area (Å²) in [6, 6.07) is 5.30. The second-order valence-electron chi connectivity index (χ2n) is 4.65. The molecule has 0 spiro atoms. The molecule has 2 amide bonds. The van der Waals surface area contributed by atoms with E-state index in [9.17, 15) is 9.59 Å².